The van der Waals surface area contributed by atoms with E-state index in [0.29, 0.717) is 11.8 Å². The number of oxazole rings is 1. The molecule has 1 aliphatic heterocycles. The number of aromatic nitrogens is 1. The molecular weight excluding hydrogens is 344 g/mol. The number of hydrogen-bond donors (Lipinski definition) is 1. The van der Waals surface area contributed by atoms with Gasteiger partial charge in [-0.2, -0.15) is 4.72 Å². The standard InChI is InChI=1S/C17H26N2O5S/c1-15(2,3)14-18-9-11(22-14)25(20,21)19-17-7-6-10(8-17)12-13(17)24-16(4,5)23-12/h9-10,12-13,19H,6-8H2,1-5H3/t10-,12+,13+,17-/m1/s1. The number of ether oxygens (including phenoxy) is 2. The van der Waals surface area contributed by atoms with Crippen LogP contribution in [0.3, 0.4) is 0 Å². The predicted molar refractivity (Wildman–Crippen MR) is 89.4 cm³/mol. The second-order valence-electron chi connectivity index (χ2n) is 9.02. The Kier molecular flexibility index (Phi) is 3.53. The molecule has 4 rings (SSSR count). The number of rotatable bonds is 3. The third-order valence-electron chi connectivity index (χ3n) is 5.45. The first-order valence-corrected chi connectivity index (χ1v) is 10.3. The highest BCUT2D eigenvalue weighted by atomic mass is 32.2. The first-order valence-electron chi connectivity index (χ1n) is 8.78. The van der Waals surface area contributed by atoms with Crippen molar-refractivity contribution in [2.75, 3.05) is 0 Å². The quantitative estimate of drug-likeness (QED) is 0.878. The Balaban J connectivity index is 1.62. The molecule has 2 saturated carbocycles. The SMILES string of the molecule is CC1(C)O[C@H]2[C@@H]3CC[C@@](NS(=O)(=O)c4cnc(C(C)(C)C)o4)(C3)[C@H]2O1. The van der Waals surface area contributed by atoms with Crippen LogP contribution in [-0.2, 0) is 24.9 Å². The lowest BCUT2D eigenvalue weighted by Crippen LogP contribution is -2.55. The molecule has 0 aromatic carbocycles. The summed E-state index contributed by atoms with van der Waals surface area (Å²) in [6.45, 7) is 9.53. The molecule has 0 radical (unpaired) electrons. The fourth-order valence-corrected chi connectivity index (χ4v) is 5.73. The van der Waals surface area contributed by atoms with Gasteiger partial charge in [-0.05, 0) is 39.0 Å². The van der Waals surface area contributed by atoms with E-state index in [-0.39, 0.29) is 22.7 Å². The van der Waals surface area contributed by atoms with E-state index < -0.39 is 21.3 Å². The van der Waals surface area contributed by atoms with E-state index in [1.165, 1.54) is 6.20 Å². The molecule has 25 heavy (non-hydrogen) atoms. The van der Waals surface area contributed by atoms with Crippen molar-refractivity contribution in [1.82, 2.24) is 9.71 Å². The lowest BCUT2D eigenvalue weighted by Gasteiger charge is -2.34. The molecule has 3 fully saturated rings. The molecule has 2 bridgehead atoms. The maximum atomic E-state index is 12.9. The van der Waals surface area contributed by atoms with Crippen molar-refractivity contribution >= 4 is 10.0 Å². The van der Waals surface area contributed by atoms with Crippen LogP contribution in [0.15, 0.2) is 15.7 Å². The fraction of sp³-hybridized carbons (Fsp3) is 0.824. The van der Waals surface area contributed by atoms with Crippen molar-refractivity contribution < 1.29 is 22.3 Å². The maximum Gasteiger partial charge on any atom is 0.276 e. The fourth-order valence-electron chi connectivity index (χ4n) is 4.41. The highest BCUT2D eigenvalue weighted by molar-refractivity contribution is 7.89. The van der Waals surface area contributed by atoms with Gasteiger partial charge in [-0.3, -0.25) is 0 Å². The highest BCUT2D eigenvalue weighted by Gasteiger charge is 2.65. The van der Waals surface area contributed by atoms with Crippen molar-refractivity contribution in [3.05, 3.63) is 12.1 Å². The van der Waals surface area contributed by atoms with Crippen LogP contribution in [0.25, 0.3) is 0 Å². The van der Waals surface area contributed by atoms with Gasteiger partial charge in [0.1, 0.15) is 6.10 Å². The summed E-state index contributed by atoms with van der Waals surface area (Å²) in [6.07, 6.45) is 3.39. The Morgan fingerprint density at radius 3 is 2.64 bits per heavy atom. The summed E-state index contributed by atoms with van der Waals surface area (Å²) in [4.78, 5) is 4.14. The first kappa shape index (κ1) is 17.5. The van der Waals surface area contributed by atoms with Crippen LogP contribution in [0.1, 0.15) is 59.8 Å². The Morgan fingerprint density at radius 1 is 1.28 bits per heavy atom. The Bertz CT molecular complexity index is 794. The summed E-state index contributed by atoms with van der Waals surface area (Å²) in [5.41, 5.74) is -0.980. The minimum Gasteiger partial charge on any atom is -0.427 e. The highest BCUT2D eigenvalue weighted by Crippen LogP contribution is 2.55. The van der Waals surface area contributed by atoms with Gasteiger partial charge in [0, 0.05) is 5.41 Å². The van der Waals surface area contributed by atoms with E-state index in [1.54, 1.807) is 0 Å². The van der Waals surface area contributed by atoms with Gasteiger partial charge in [0.25, 0.3) is 15.1 Å². The normalized spacial score (nSPS) is 36.8. The van der Waals surface area contributed by atoms with Crippen LogP contribution in [0.5, 0.6) is 0 Å². The summed E-state index contributed by atoms with van der Waals surface area (Å²) < 4.78 is 46.3. The summed E-state index contributed by atoms with van der Waals surface area (Å²) in [5.74, 6) is 0.0515. The second kappa shape index (κ2) is 5.06. The molecule has 1 aromatic rings. The number of nitrogens with one attached hydrogen (secondary N) is 1. The number of nitrogens with zero attached hydrogens (tertiary/aromatic N) is 1. The molecule has 1 N–H and O–H groups in total. The van der Waals surface area contributed by atoms with E-state index in [0.717, 1.165) is 19.3 Å². The lowest BCUT2D eigenvalue weighted by atomic mass is 9.90. The minimum absolute atomic E-state index is 0.0497. The third-order valence-corrected chi connectivity index (χ3v) is 6.85. The van der Waals surface area contributed by atoms with Crippen molar-refractivity contribution in [2.45, 2.75) is 87.9 Å². The molecule has 0 spiro atoms. The van der Waals surface area contributed by atoms with E-state index >= 15 is 0 Å². The molecule has 3 aliphatic rings. The van der Waals surface area contributed by atoms with Crippen LogP contribution >= 0.6 is 0 Å². The second-order valence-corrected chi connectivity index (χ2v) is 10.6. The summed E-state index contributed by atoms with van der Waals surface area (Å²) in [5, 5.41) is -0.142. The van der Waals surface area contributed by atoms with Crippen molar-refractivity contribution in [3.63, 3.8) is 0 Å². The first-order chi connectivity index (χ1) is 11.4. The van der Waals surface area contributed by atoms with Crippen molar-refractivity contribution in [3.8, 4) is 0 Å². The van der Waals surface area contributed by atoms with Gasteiger partial charge in [0.2, 0.25) is 5.89 Å². The molecule has 1 saturated heterocycles. The van der Waals surface area contributed by atoms with Gasteiger partial charge < -0.3 is 13.9 Å². The molecule has 0 unspecified atom stereocenters. The smallest absolute Gasteiger partial charge is 0.276 e. The molecule has 4 atom stereocenters. The van der Waals surface area contributed by atoms with Gasteiger partial charge in [-0.25, -0.2) is 13.4 Å². The Labute approximate surface area is 148 Å². The molecule has 8 heteroatoms. The zero-order valence-corrected chi connectivity index (χ0v) is 16.1. The summed E-state index contributed by atoms with van der Waals surface area (Å²) in [7, 11) is -3.82. The molecular formula is C17H26N2O5S. The molecule has 2 heterocycles. The van der Waals surface area contributed by atoms with Gasteiger partial charge in [-0.15, -0.1) is 0 Å². The zero-order valence-electron chi connectivity index (χ0n) is 15.3. The predicted octanol–water partition coefficient (Wildman–Crippen LogP) is 2.32. The van der Waals surface area contributed by atoms with Gasteiger partial charge >= 0.3 is 0 Å². The monoisotopic (exact) mass is 370 g/mol. The van der Waals surface area contributed by atoms with E-state index in [4.69, 9.17) is 13.9 Å². The Hall–Kier alpha value is -0.960. The zero-order chi connectivity index (χ0) is 18.3. The summed E-state index contributed by atoms with van der Waals surface area (Å²) >= 11 is 0. The van der Waals surface area contributed by atoms with Gasteiger partial charge in [-0.1, -0.05) is 20.8 Å². The van der Waals surface area contributed by atoms with Gasteiger partial charge in [0.05, 0.1) is 17.8 Å². The number of fused-ring (bicyclic) bond motifs is 5. The lowest BCUT2D eigenvalue weighted by molar-refractivity contribution is -0.159. The van der Waals surface area contributed by atoms with Crippen LogP contribution in [-0.4, -0.2) is 36.9 Å². The van der Waals surface area contributed by atoms with Gasteiger partial charge in [0.15, 0.2) is 5.79 Å². The third kappa shape index (κ3) is 2.74. The molecule has 140 valence electrons. The molecule has 1 aromatic heterocycles. The van der Waals surface area contributed by atoms with Crippen LogP contribution in [0, 0.1) is 5.92 Å². The Morgan fingerprint density at radius 2 is 2.00 bits per heavy atom. The van der Waals surface area contributed by atoms with E-state index in [2.05, 4.69) is 9.71 Å². The van der Waals surface area contributed by atoms with Crippen LogP contribution in [0.2, 0.25) is 0 Å². The topological polar surface area (TPSA) is 90.7 Å². The van der Waals surface area contributed by atoms with E-state index in [9.17, 15) is 8.42 Å². The number of hydrogen-bond acceptors (Lipinski definition) is 6. The van der Waals surface area contributed by atoms with Crippen LogP contribution < -0.4 is 4.72 Å². The summed E-state index contributed by atoms with van der Waals surface area (Å²) in [6, 6.07) is 0. The maximum absolute atomic E-state index is 12.9. The van der Waals surface area contributed by atoms with Crippen LogP contribution in [0.4, 0.5) is 0 Å². The largest absolute Gasteiger partial charge is 0.427 e. The van der Waals surface area contributed by atoms with E-state index in [1.807, 2.05) is 34.6 Å². The average Bonchev–Trinajstić information content (AvgIpc) is 3.15. The minimum atomic E-state index is -3.82. The molecule has 7 nitrogen and oxygen atoms in total. The van der Waals surface area contributed by atoms with Crippen molar-refractivity contribution in [2.24, 2.45) is 5.92 Å². The van der Waals surface area contributed by atoms with Crippen molar-refractivity contribution in [1.29, 1.82) is 0 Å². The molecule has 0 amide bonds. The average molecular weight is 370 g/mol. The number of sulfonamides is 1. The molecule has 2 aliphatic carbocycles.